The lowest BCUT2D eigenvalue weighted by Gasteiger charge is -2.15. The van der Waals surface area contributed by atoms with E-state index in [4.69, 9.17) is 0 Å². The number of hydrogen-bond acceptors (Lipinski definition) is 1. The van der Waals surface area contributed by atoms with Gasteiger partial charge < -0.3 is 5.32 Å². The van der Waals surface area contributed by atoms with Crippen molar-refractivity contribution >= 4 is 15.9 Å². The minimum atomic E-state index is -0.913. The van der Waals surface area contributed by atoms with E-state index in [-0.39, 0.29) is 0 Å². The zero-order valence-electron chi connectivity index (χ0n) is 5.29. The average Bonchev–Trinajstić information content (AvgIpc) is 2.16. The zero-order valence-corrected chi connectivity index (χ0v) is 6.88. The molecule has 0 aromatic heterocycles. The molecule has 0 aromatic rings. The lowest BCUT2D eigenvalue weighted by Crippen LogP contribution is -2.26. The Morgan fingerprint density at radius 3 is 2.89 bits per heavy atom. The van der Waals surface area contributed by atoms with Crippen molar-refractivity contribution in [1.29, 1.82) is 0 Å². The van der Waals surface area contributed by atoms with Crippen molar-refractivity contribution in [2.24, 2.45) is 0 Å². The van der Waals surface area contributed by atoms with Gasteiger partial charge in [0.15, 0.2) is 0 Å². The van der Waals surface area contributed by atoms with Crippen molar-refractivity contribution in [3.8, 4) is 0 Å². The van der Waals surface area contributed by atoms with Gasteiger partial charge in [-0.1, -0.05) is 15.9 Å². The van der Waals surface area contributed by atoms with E-state index >= 15 is 0 Å². The molecule has 54 valence electrons. The molecule has 0 saturated carbocycles. The van der Waals surface area contributed by atoms with Gasteiger partial charge in [-0.15, -0.1) is 0 Å². The van der Waals surface area contributed by atoms with Crippen LogP contribution in [0.25, 0.3) is 0 Å². The largest absolute Gasteiger partial charge is 0.313 e. The molecule has 0 aliphatic carbocycles. The predicted octanol–water partition coefficient (Wildman–Crippen LogP) is 1.47. The number of rotatable bonds is 2. The van der Waals surface area contributed by atoms with Gasteiger partial charge in [0.1, 0.15) is 5.67 Å². The van der Waals surface area contributed by atoms with Crippen LogP contribution in [-0.4, -0.2) is 24.1 Å². The summed E-state index contributed by atoms with van der Waals surface area (Å²) >= 11 is 3.23. The van der Waals surface area contributed by atoms with Gasteiger partial charge in [0, 0.05) is 11.9 Å². The Morgan fingerprint density at radius 1 is 1.67 bits per heavy atom. The van der Waals surface area contributed by atoms with E-state index in [2.05, 4.69) is 21.2 Å². The summed E-state index contributed by atoms with van der Waals surface area (Å²) in [7, 11) is 0. The summed E-state index contributed by atoms with van der Waals surface area (Å²) in [4.78, 5) is 0. The number of alkyl halides is 2. The quantitative estimate of drug-likeness (QED) is 0.659. The van der Waals surface area contributed by atoms with Crippen LogP contribution in [0.4, 0.5) is 4.39 Å². The molecule has 1 fully saturated rings. The summed E-state index contributed by atoms with van der Waals surface area (Å²) in [5, 5.41) is 3.77. The van der Waals surface area contributed by atoms with E-state index in [0.29, 0.717) is 19.4 Å². The number of nitrogens with one attached hydrogen (secondary N) is 1. The molecule has 1 unspecified atom stereocenters. The van der Waals surface area contributed by atoms with Gasteiger partial charge in [0.05, 0.1) is 0 Å². The Hall–Kier alpha value is 0.370. The van der Waals surface area contributed by atoms with E-state index in [1.165, 1.54) is 0 Å². The standard InChI is InChI=1S/C6H11BrFN/c7-3-1-6(8)2-4-9-5-6/h9H,1-5H2. The molecule has 0 aromatic carbocycles. The molecule has 0 spiro atoms. The summed E-state index contributed by atoms with van der Waals surface area (Å²) in [5.74, 6) is 0. The Bertz CT molecular complexity index is 91.1. The number of halogens is 2. The van der Waals surface area contributed by atoms with Crippen molar-refractivity contribution in [3.05, 3.63) is 0 Å². The van der Waals surface area contributed by atoms with Crippen molar-refractivity contribution in [3.63, 3.8) is 0 Å². The third-order valence-corrected chi connectivity index (χ3v) is 2.13. The Kier molecular flexibility index (Phi) is 2.47. The van der Waals surface area contributed by atoms with Crippen molar-refractivity contribution in [1.82, 2.24) is 5.32 Å². The number of hydrogen-bond donors (Lipinski definition) is 1. The molecule has 1 heterocycles. The topological polar surface area (TPSA) is 12.0 Å². The minimum Gasteiger partial charge on any atom is -0.313 e. The average molecular weight is 196 g/mol. The first kappa shape index (κ1) is 7.48. The molecule has 9 heavy (non-hydrogen) atoms. The zero-order chi connectivity index (χ0) is 6.74. The van der Waals surface area contributed by atoms with Crippen molar-refractivity contribution in [2.45, 2.75) is 18.5 Å². The molecule has 1 atom stereocenters. The fraction of sp³-hybridized carbons (Fsp3) is 1.00. The maximum Gasteiger partial charge on any atom is 0.125 e. The first-order valence-corrected chi connectivity index (χ1v) is 4.35. The highest BCUT2D eigenvalue weighted by Crippen LogP contribution is 2.24. The summed E-state index contributed by atoms with van der Waals surface area (Å²) in [5.41, 5.74) is -0.913. The van der Waals surface area contributed by atoms with Crippen LogP contribution in [0, 0.1) is 0 Å². The molecule has 1 aliphatic heterocycles. The maximum atomic E-state index is 13.2. The van der Waals surface area contributed by atoms with Gasteiger partial charge in [0.25, 0.3) is 0 Å². The summed E-state index contributed by atoms with van der Waals surface area (Å²) < 4.78 is 13.2. The van der Waals surface area contributed by atoms with Gasteiger partial charge in [-0.2, -0.15) is 0 Å². The summed E-state index contributed by atoms with van der Waals surface area (Å²) in [6, 6.07) is 0. The van der Waals surface area contributed by atoms with Gasteiger partial charge in [-0.05, 0) is 19.4 Å². The molecule has 0 amide bonds. The van der Waals surface area contributed by atoms with Gasteiger partial charge in [-0.25, -0.2) is 4.39 Å². The highest BCUT2D eigenvalue weighted by molar-refractivity contribution is 9.09. The smallest absolute Gasteiger partial charge is 0.125 e. The van der Waals surface area contributed by atoms with Gasteiger partial charge in [0.2, 0.25) is 0 Å². The Labute approximate surface area is 63.1 Å². The molecular weight excluding hydrogens is 185 g/mol. The van der Waals surface area contributed by atoms with Crippen molar-refractivity contribution in [2.75, 3.05) is 18.4 Å². The second kappa shape index (κ2) is 2.97. The molecule has 3 heteroatoms. The van der Waals surface area contributed by atoms with E-state index in [9.17, 15) is 4.39 Å². The fourth-order valence-electron chi connectivity index (χ4n) is 1.10. The SMILES string of the molecule is FC1(CCBr)CCNC1. The lowest BCUT2D eigenvalue weighted by molar-refractivity contribution is 0.186. The third kappa shape index (κ3) is 1.90. The lowest BCUT2D eigenvalue weighted by atomic mass is 10.0. The van der Waals surface area contributed by atoms with Crippen LogP contribution in [0.3, 0.4) is 0 Å². The van der Waals surface area contributed by atoms with Gasteiger partial charge >= 0.3 is 0 Å². The Morgan fingerprint density at radius 2 is 2.44 bits per heavy atom. The van der Waals surface area contributed by atoms with E-state index < -0.39 is 5.67 Å². The van der Waals surface area contributed by atoms with Crippen LogP contribution in [0.2, 0.25) is 0 Å². The summed E-state index contributed by atoms with van der Waals surface area (Å²) in [6.45, 7) is 1.38. The Balaban J connectivity index is 2.32. The van der Waals surface area contributed by atoms with Crippen LogP contribution >= 0.6 is 15.9 Å². The van der Waals surface area contributed by atoms with E-state index in [1.54, 1.807) is 0 Å². The minimum absolute atomic E-state index is 0.540. The maximum absolute atomic E-state index is 13.2. The van der Waals surface area contributed by atoms with Crippen LogP contribution in [0.15, 0.2) is 0 Å². The predicted molar refractivity (Wildman–Crippen MR) is 39.7 cm³/mol. The molecule has 1 N–H and O–H groups in total. The van der Waals surface area contributed by atoms with Crippen LogP contribution in [0.1, 0.15) is 12.8 Å². The normalized spacial score (nSPS) is 35.3. The highest BCUT2D eigenvalue weighted by atomic mass is 79.9. The highest BCUT2D eigenvalue weighted by Gasteiger charge is 2.32. The molecule has 0 bridgehead atoms. The second-order valence-electron chi connectivity index (χ2n) is 2.52. The molecular formula is C6H11BrFN. The molecule has 1 saturated heterocycles. The third-order valence-electron chi connectivity index (χ3n) is 1.73. The molecule has 1 nitrogen and oxygen atoms in total. The monoisotopic (exact) mass is 195 g/mol. The molecule has 1 rings (SSSR count). The van der Waals surface area contributed by atoms with E-state index in [1.807, 2.05) is 0 Å². The molecule has 1 aliphatic rings. The first-order valence-electron chi connectivity index (χ1n) is 3.22. The van der Waals surface area contributed by atoms with Crippen LogP contribution in [-0.2, 0) is 0 Å². The molecule has 0 radical (unpaired) electrons. The second-order valence-corrected chi connectivity index (χ2v) is 3.31. The van der Waals surface area contributed by atoms with E-state index in [0.717, 1.165) is 11.9 Å². The van der Waals surface area contributed by atoms with Crippen LogP contribution in [0.5, 0.6) is 0 Å². The van der Waals surface area contributed by atoms with Crippen LogP contribution < -0.4 is 5.32 Å². The fourth-order valence-corrected chi connectivity index (χ4v) is 1.81. The first-order chi connectivity index (χ1) is 4.27. The van der Waals surface area contributed by atoms with Crippen molar-refractivity contribution < 1.29 is 4.39 Å². The summed E-state index contributed by atoms with van der Waals surface area (Å²) in [6.07, 6.45) is 1.32. The van der Waals surface area contributed by atoms with Gasteiger partial charge in [-0.3, -0.25) is 0 Å².